The van der Waals surface area contributed by atoms with Gasteiger partial charge in [0.2, 0.25) is 5.91 Å². The number of hydrogen-bond donors (Lipinski definition) is 1. The van der Waals surface area contributed by atoms with Crippen molar-refractivity contribution in [2.75, 3.05) is 20.1 Å². The van der Waals surface area contributed by atoms with Crippen molar-refractivity contribution in [2.24, 2.45) is 5.73 Å². The first-order valence-corrected chi connectivity index (χ1v) is 8.36. The van der Waals surface area contributed by atoms with Gasteiger partial charge >= 0.3 is 0 Å². The third-order valence-corrected chi connectivity index (χ3v) is 5.20. The van der Waals surface area contributed by atoms with E-state index in [4.69, 9.17) is 5.73 Å². The average molecular weight is 281 g/mol. The minimum absolute atomic E-state index is 0.00687. The molecule has 116 valence electrons. The third-order valence-electron chi connectivity index (χ3n) is 5.20. The summed E-state index contributed by atoms with van der Waals surface area (Å²) in [7, 11) is 2.11. The van der Waals surface area contributed by atoms with Crippen LogP contribution in [-0.2, 0) is 4.79 Å². The summed E-state index contributed by atoms with van der Waals surface area (Å²) in [5.74, 6) is 0.323. The molecule has 0 aromatic heterocycles. The summed E-state index contributed by atoms with van der Waals surface area (Å²) >= 11 is 0. The highest BCUT2D eigenvalue weighted by molar-refractivity contribution is 5.81. The van der Waals surface area contributed by atoms with Gasteiger partial charge in [0.05, 0.1) is 6.04 Å². The van der Waals surface area contributed by atoms with Gasteiger partial charge < -0.3 is 10.6 Å². The topological polar surface area (TPSA) is 49.6 Å². The Morgan fingerprint density at radius 2 is 1.65 bits per heavy atom. The summed E-state index contributed by atoms with van der Waals surface area (Å²) in [5.41, 5.74) is 5.97. The van der Waals surface area contributed by atoms with Crippen molar-refractivity contribution in [1.82, 2.24) is 9.80 Å². The summed E-state index contributed by atoms with van der Waals surface area (Å²) in [4.78, 5) is 17.0. The first-order valence-electron chi connectivity index (χ1n) is 8.36. The van der Waals surface area contributed by atoms with E-state index < -0.39 is 0 Å². The first kappa shape index (κ1) is 15.8. The number of rotatable bonds is 3. The number of nitrogens with zero attached hydrogens (tertiary/aromatic N) is 2. The maximum absolute atomic E-state index is 12.7. The van der Waals surface area contributed by atoms with E-state index in [2.05, 4.69) is 23.8 Å². The maximum Gasteiger partial charge on any atom is 0.239 e. The molecule has 0 spiro atoms. The third kappa shape index (κ3) is 3.95. The molecule has 1 heterocycles. The number of amides is 1. The molecule has 1 unspecified atom stereocenters. The van der Waals surface area contributed by atoms with E-state index in [1.807, 2.05) is 0 Å². The molecule has 1 saturated heterocycles. The van der Waals surface area contributed by atoms with Crippen LogP contribution in [0.15, 0.2) is 0 Å². The monoisotopic (exact) mass is 281 g/mol. The van der Waals surface area contributed by atoms with Gasteiger partial charge in [0.1, 0.15) is 0 Å². The van der Waals surface area contributed by atoms with Gasteiger partial charge in [-0.2, -0.15) is 0 Å². The van der Waals surface area contributed by atoms with E-state index in [1.54, 1.807) is 0 Å². The van der Waals surface area contributed by atoms with Crippen LogP contribution in [0.3, 0.4) is 0 Å². The van der Waals surface area contributed by atoms with E-state index in [1.165, 1.54) is 25.7 Å². The molecule has 1 amide bonds. The van der Waals surface area contributed by atoms with Gasteiger partial charge in [0.25, 0.3) is 0 Å². The van der Waals surface area contributed by atoms with Gasteiger partial charge in [-0.05, 0) is 52.5 Å². The van der Waals surface area contributed by atoms with Crippen LogP contribution in [0.2, 0.25) is 0 Å². The summed E-state index contributed by atoms with van der Waals surface area (Å²) < 4.78 is 0. The molecule has 1 aliphatic heterocycles. The molecule has 0 aromatic carbocycles. The van der Waals surface area contributed by atoms with Crippen LogP contribution in [-0.4, -0.2) is 54.0 Å². The fourth-order valence-electron chi connectivity index (χ4n) is 3.55. The second-order valence-corrected chi connectivity index (χ2v) is 6.65. The van der Waals surface area contributed by atoms with Crippen LogP contribution >= 0.6 is 0 Å². The minimum Gasteiger partial charge on any atom is -0.341 e. The zero-order chi connectivity index (χ0) is 14.5. The van der Waals surface area contributed by atoms with Crippen molar-refractivity contribution in [3.63, 3.8) is 0 Å². The van der Waals surface area contributed by atoms with Crippen LogP contribution in [0.1, 0.15) is 58.3 Å². The first-order chi connectivity index (χ1) is 9.59. The van der Waals surface area contributed by atoms with Crippen molar-refractivity contribution >= 4 is 5.91 Å². The predicted molar refractivity (Wildman–Crippen MR) is 82.5 cm³/mol. The molecule has 2 fully saturated rings. The number of nitrogens with two attached hydrogens (primary N) is 1. The van der Waals surface area contributed by atoms with Crippen LogP contribution in [0.5, 0.6) is 0 Å². The summed E-state index contributed by atoms with van der Waals surface area (Å²) in [6.07, 6.45) is 9.34. The van der Waals surface area contributed by atoms with Gasteiger partial charge in [-0.25, -0.2) is 0 Å². The number of carbonyl (C=O) groups is 1. The highest BCUT2D eigenvalue weighted by Gasteiger charge is 2.30. The van der Waals surface area contributed by atoms with Crippen molar-refractivity contribution in [3.8, 4) is 0 Å². The summed E-state index contributed by atoms with van der Waals surface area (Å²) in [6.45, 7) is 3.97. The van der Waals surface area contributed by atoms with E-state index in [0.717, 1.165) is 38.8 Å². The van der Waals surface area contributed by atoms with E-state index in [-0.39, 0.29) is 6.04 Å². The Kier molecular flexibility index (Phi) is 5.85. The van der Waals surface area contributed by atoms with Crippen LogP contribution in [0.25, 0.3) is 0 Å². The predicted octanol–water partition coefficient (Wildman–Crippen LogP) is 1.98. The number of likely N-dealkylation sites (N-methyl/N-ethyl adjacent to an activating group) is 1. The molecule has 4 heteroatoms. The lowest BCUT2D eigenvalue weighted by Crippen LogP contribution is -2.50. The molecule has 2 N–H and O–H groups in total. The molecule has 1 saturated carbocycles. The average Bonchev–Trinajstić information content (AvgIpc) is 2.75. The van der Waals surface area contributed by atoms with Crippen molar-refractivity contribution < 1.29 is 4.79 Å². The highest BCUT2D eigenvalue weighted by Crippen LogP contribution is 2.23. The Hall–Kier alpha value is -0.610. The lowest BCUT2D eigenvalue weighted by Gasteiger charge is -2.38. The van der Waals surface area contributed by atoms with E-state index in [0.29, 0.717) is 18.0 Å². The molecular weight excluding hydrogens is 250 g/mol. The van der Waals surface area contributed by atoms with Crippen LogP contribution in [0, 0.1) is 0 Å². The lowest BCUT2D eigenvalue weighted by atomic mass is 9.90. The van der Waals surface area contributed by atoms with Gasteiger partial charge in [0.15, 0.2) is 0 Å². The quantitative estimate of drug-likeness (QED) is 0.860. The summed E-state index contributed by atoms with van der Waals surface area (Å²) in [5, 5.41) is 0. The van der Waals surface area contributed by atoms with Crippen molar-refractivity contribution in [2.45, 2.75) is 76.4 Å². The standard InChI is InChI=1S/C16H31N3O/c1-13(16(20)19-11-5-3-4-6-12-19)18(2)15-9-7-14(17)8-10-15/h13-15H,3-12,17H2,1-2H3. The van der Waals surface area contributed by atoms with Crippen LogP contribution in [0.4, 0.5) is 0 Å². The molecule has 0 bridgehead atoms. The smallest absolute Gasteiger partial charge is 0.239 e. The minimum atomic E-state index is 0.00687. The molecule has 1 aliphatic carbocycles. The molecule has 2 rings (SSSR count). The van der Waals surface area contributed by atoms with Gasteiger partial charge in [-0.3, -0.25) is 9.69 Å². The molecule has 0 aromatic rings. The Balaban J connectivity index is 1.88. The lowest BCUT2D eigenvalue weighted by molar-refractivity contribution is -0.137. The Morgan fingerprint density at radius 1 is 1.10 bits per heavy atom. The molecule has 4 nitrogen and oxygen atoms in total. The largest absolute Gasteiger partial charge is 0.341 e. The highest BCUT2D eigenvalue weighted by atomic mass is 16.2. The zero-order valence-electron chi connectivity index (χ0n) is 13.2. The maximum atomic E-state index is 12.7. The number of hydrogen-bond acceptors (Lipinski definition) is 3. The molecular formula is C16H31N3O. The van der Waals surface area contributed by atoms with Gasteiger partial charge in [0, 0.05) is 25.2 Å². The molecule has 20 heavy (non-hydrogen) atoms. The van der Waals surface area contributed by atoms with E-state index >= 15 is 0 Å². The molecule has 0 radical (unpaired) electrons. The van der Waals surface area contributed by atoms with Crippen molar-refractivity contribution in [1.29, 1.82) is 0 Å². The van der Waals surface area contributed by atoms with Gasteiger partial charge in [-0.15, -0.1) is 0 Å². The van der Waals surface area contributed by atoms with Gasteiger partial charge in [-0.1, -0.05) is 12.8 Å². The van der Waals surface area contributed by atoms with E-state index in [9.17, 15) is 4.79 Å². The number of carbonyl (C=O) groups excluding carboxylic acids is 1. The second-order valence-electron chi connectivity index (χ2n) is 6.65. The Morgan fingerprint density at radius 3 is 2.20 bits per heavy atom. The molecule has 1 atom stereocenters. The van der Waals surface area contributed by atoms with Crippen LogP contribution < -0.4 is 5.73 Å². The SMILES string of the molecule is CC(C(=O)N1CCCCCC1)N(C)C1CCC(N)CC1. The fourth-order valence-corrected chi connectivity index (χ4v) is 3.55. The van der Waals surface area contributed by atoms with Crippen molar-refractivity contribution in [3.05, 3.63) is 0 Å². The summed E-state index contributed by atoms with van der Waals surface area (Å²) in [6, 6.07) is 0.907. The fraction of sp³-hybridized carbons (Fsp3) is 0.938. The molecule has 2 aliphatic rings. The number of likely N-dealkylation sites (tertiary alicyclic amines) is 1. The Labute approximate surface area is 123 Å². The second kappa shape index (κ2) is 7.41. The normalized spacial score (nSPS) is 30.1. The zero-order valence-corrected chi connectivity index (χ0v) is 13.2. The Bertz CT molecular complexity index is 305.